The third-order valence-corrected chi connectivity index (χ3v) is 11.8. The van der Waals surface area contributed by atoms with Crippen molar-refractivity contribution in [2.24, 2.45) is 5.73 Å². The van der Waals surface area contributed by atoms with Gasteiger partial charge in [0.1, 0.15) is 11.7 Å². The number of aromatic nitrogens is 2. The van der Waals surface area contributed by atoms with Gasteiger partial charge in [-0.25, -0.2) is 13.4 Å². The van der Waals surface area contributed by atoms with Crippen molar-refractivity contribution in [1.82, 2.24) is 25.1 Å². The monoisotopic (exact) mass is 626 g/mol. The first-order valence-electron chi connectivity index (χ1n) is 14.1. The third-order valence-electron chi connectivity index (χ3n) is 8.24. The molecule has 4 N–H and O–H groups in total. The van der Waals surface area contributed by atoms with Crippen molar-refractivity contribution < 1.29 is 22.8 Å². The maximum atomic E-state index is 13.9. The third kappa shape index (κ3) is 6.04. The van der Waals surface area contributed by atoms with Crippen molar-refractivity contribution in [3.63, 3.8) is 0 Å². The molecule has 3 amide bonds. The van der Waals surface area contributed by atoms with Crippen molar-refractivity contribution in [3.8, 4) is 0 Å². The van der Waals surface area contributed by atoms with Crippen LogP contribution in [0.3, 0.4) is 0 Å². The van der Waals surface area contributed by atoms with Gasteiger partial charge in [-0.1, -0.05) is 54.1 Å². The van der Waals surface area contributed by atoms with Crippen molar-refractivity contribution in [1.29, 1.82) is 0 Å². The predicted molar refractivity (Wildman–Crippen MR) is 162 cm³/mol. The van der Waals surface area contributed by atoms with Gasteiger partial charge in [-0.3, -0.25) is 14.4 Å². The Bertz CT molecular complexity index is 1630. The molecule has 0 spiro atoms. The van der Waals surface area contributed by atoms with Crippen LogP contribution in [0.2, 0.25) is 5.02 Å². The van der Waals surface area contributed by atoms with E-state index in [9.17, 15) is 22.8 Å². The van der Waals surface area contributed by atoms with Gasteiger partial charge < -0.3 is 25.8 Å². The summed E-state index contributed by atoms with van der Waals surface area (Å²) < 4.78 is 27.0. The van der Waals surface area contributed by atoms with Gasteiger partial charge >= 0.3 is 0 Å². The van der Waals surface area contributed by atoms with E-state index in [-0.39, 0.29) is 43.6 Å². The number of hydrogen-bond donors (Lipinski definition) is 3. The van der Waals surface area contributed by atoms with Crippen molar-refractivity contribution in [2.45, 2.75) is 55.3 Å². The predicted octanol–water partition coefficient (Wildman–Crippen LogP) is 2.46. The van der Waals surface area contributed by atoms with E-state index in [1.54, 1.807) is 54.8 Å². The number of amides is 3. The number of nitrogens with zero attached hydrogens (tertiary/aromatic N) is 3. The van der Waals surface area contributed by atoms with Crippen LogP contribution in [0.1, 0.15) is 65.0 Å². The zero-order valence-electron chi connectivity index (χ0n) is 24.0. The first-order chi connectivity index (χ1) is 20.3. The summed E-state index contributed by atoms with van der Waals surface area (Å²) >= 11 is 5.92. The number of nitrogens with one attached hydrogen (secondary N) is 2. The average molecular weight is 627 g/mol. The van der Waals surface area contributed by atoms with E-state index in [4.69, 9.17) is 17.3 Å². The van der Waals surface area contributed by atoms with Crippen molar-refractivity contribution in [2.75, 3.05) is 19.6 Å². The summed E-state index contributed by atoms with van der Waals surface area (Å²) in [6, 6.07) is 15.0. The second-order valence-corrected chi connectivity index (χ2v) is 15.1. The molecule has 0 unspecified atom stereocenters. The number of benzene rings is 2. The van der Waals surface area contributed by atoms with Crippen LogP contribution in [-0.4, -0.2) is 69.7 Å². The standard InChI is InChI=1S/C30H35ClN6O5S/c1-29(2,18-35-26(38)24(32)21-6-4-3-5-7-21)43(41,42)30(12-13-30)19-36-14-15-37-23(28(36)40)17-33-25(37)27(39)34-16-20-8-10-22(31)11-9-20/h3-11,17,24H,12-16,18-19,32H2,1-2H3,(H,34,39)(H,35,38)/t24-/m0/s1. The first kappa shape index (κ1) is 30.7. The number of hydrogen-bond acceptors (Lipinski definition) is 7. The molecule has 1 atom stereocenters. The lowest BCUT2D eigenvalue weighted by atomic mass is 10.1. The van der Waals surface area contributed by atoms with E-state index >= 15 is 0 Å². The number of carbonyl (C=O) groups excluding carboxylic acids is 3. The fraction of sp³-hybridized carbons (Fsp3) is 0.400. The summed E-state index contributed by atoms with van der Waals surface area (Å²) in [6.45, 7) is 3.88. The minimum absolute atomic E-state index is 0.0261. The molecule has 0 bridgehead atoms. The lowest BCUT2D eigenvalue weighted by Gasteiger charge is -2.35. The number of sulfone groups is 1. The molecular formula is C30H35ClN6O5S. The van der Waals surface area contributed by atoms with E-state index in [1.165, 1.54) is 11.1 Å². The summed E-state index contributed by atoms with van der Waals surface area (Å²) in [5.41, 5.74) is 7.81. The number of fused-ring (bicyclic) bond motifs is 1. The Morgan fingerprint density at radius 1 is 1.07 bits per heavy atom. The number of halogens is 1. The van der Waals surface area contributed by atoms with Crippen LogP contribution in [0.5, 0.6) is 0 Å². The van der Waals surface area contributed by atoms with Gasteiger partial charge in [0, 0.05) is 37.7 Å². The lowest BCUT2D eigenvalue weighted by Crippen LogP contribution is -2.54. The van der Waals surface area contributed by atoms with Gasteiger partial charge in [-0.15, -0.1) is 0 Å². The Balaban J connectivity index is 1.22. The Morgan fingerprint density at radius 3 is 2.40 bits per heavy atom. The molecule has 11 nitrogen and oxygen atoms in total. The molecule has 2 heterocycles. The van der Waals surface area contributed by atoms with Crippen LogP contribution < -0.4 is 16.4 Å². The second-order valence-electron chi connectivity index (χ2n) is 11.7. The molecule has 1 aliphatic heterocycles. The van der Waals surface area contributed by atoms with Crippen LogP contribution in [-0.2, 0) is 27.7 Å². The van der Waals surface area contributed by atoms with Crippen LogP contribution >= 0.6 is 11.6 Å². The zero-order valence-corrected chi connectivity index (χ0v) is 25.6. The summed E-state index contributed by atoms with van der Waals surface area (Å²) in [5.74, 6) is -1.14. The Kier molecular flexibility index (Phi) is 8.39. The highest BCUT2D eigenvalue weighted by Gasteiger charge is 2.61. The van der Waals surface area contributed by atoms with Gasteiger partial charge in [-0.05, 0) is 49.9 Å². The summed E-state index contributed by atoms with van der Waals surface area (Å²) in [5, 5.41) is 6.12. The minimum atomic E-state index is -3.80. The molecular weight excluding hydrogens is 592 g/mol. The smallest absolute Gasteiger partial charge is 0.287 e. The highest BCUT2D eigenvalue weighted by atomic mass is 35.5. The van der Waals surface area contributed by atoms with Gasteiger partial charge in [-0.2, -0.15) is 0 Å². The van der Waals surface area contributed by atoms with Gasteiger partial charge in [0.25, 0.3) is 11.8 Å². The van der Waals surface area contributed by atoms with E-state index in [0.29, 0.717) is 30.0 Å². The highest BCUT2D eigenvalue weighted by Crippen LogP contribution is 2.49. The quantitative estimate of drug-likeness (QED) is 0.295. The molecule has 1 saturated carbocycles. The van der Waals surface area contributed by atoms with Gasteiger partial charge in [0.15, 0.2) is 15.7 Å². The number of imidazole rings is 1. The SMILES string of the molecule is CC(C)(CNC(=O)[C@@H](N)c1ccccc1)S(=O)(=O)C1(CN2CCn3c(cnc3C(=O)NCc3ccc(Cl)cc3)C2=O)CC1. The van der Waals surface area contributed by atoms with Crippen molar-refractivity contribution >= 4 is 39.2 Å². The minimum Gasteiger partial charge on any atom is -0.353 e. The zero-order chi connectivity index (χ0) is 31.0. The molecule has 2 aliphatic rings. The molecule has 1 aromatic heterocycles. The fourth-order valence-electron chi connectivity index (χ4n) is 5.35. The van der Waals surface area contributed by atoms with Crippen molar-refractivity contribution in [3.05, 3.63) is 88.5 Å². The van der Waals surface area contributed by atoms with Crippen LogP contribution in [0.4, 0.5) is 0 Å². The summed E-state index contributed by atoms with van der Waals surface area (Å²) in [7, 11) is -3.80. The molecule has 0 radical (unpaired) electrons. The Hall–Kier alpha value is -3.74. The maximum absolute atomic E-state index is 13.9. The van der Waals surface area contributed by atoms with Gasteiger partial charge in [0.2, 0.25) is 5.91 Å². The molecule has 3 aromatic rings. The number of nitrogens with two attached hydrogens (primary N) is 1. The summed E-state index contributed by atoms with van der Waals surface area (Å²) in [4.78, 5) is 44.7. The molecule has 228 valence electrons. The largest absolute Gasteiger partial charge is 0.353 e. The van der Waals surface area contributed by atoms with E-state index in [2.05, 4.69) is 15.6 Å². The molecule has 1 aliphatic carbocycles. The molecule has 5 rings (SSSR count). The molecule has 1 fully saturated rings. The summed E-state index contributed by atoms with van der Waals surface area (Å²) in [6.07, 6.45) is 2.19. The van der Waals surface area contributed by atoms with Crippen LogP contribution in [0.15, 0.2) is 60.8 Å². The lowest BCUT2D eigenvalue weighted by molar-refractivity contribution is -0.122. The molecule has 13 heteroatoms. The van der Waals surface area contributed by atoms with E-state index in [0.717, 1.165) is 5.56 Å². The van der Waals surface area contributed by atoms with Crippen LogP contribution in [0, 0.1) is 0 Å². The highest BCUT2D eigenvalue weighted by molar-refractivity contribution is 7.94. The first-order valence-corrected chi connectivity index (χ1v) is 15.9. The fourth-order valence-corrected chi connectivity index (χ4v) is 7.88. The van der Waals surface area contributed by atoms with E-state index in [1.807, 2.05) is 18.2 Å². The molecule has 2 aromatic carbocycles. The topological polar surface area (TPSA) is 156 Å². The second kappa shape index (κ2) is 11.7. The number of rotatable bonds is 11. The molecule has 0 saturated heterocycles. The Labute approximate surface area is 255 Å². The number of carbonyl (C=O) groups is 3. The van der Waals surface area contributed by atoms with Crippen LogP contribution in [0.25, 0.3) is 0 Å². The normalized spacial score (nSPS) is 16.7. The Morgan fingerprint density at radius 2 is 1.74 bits per heavy atom. The maximum Gasteiger partial charge on any atom is 0.287 e. The van der Waals surface area contributed by atoms with Gasteiger partial charge in [0.05, 0.1) is 15.7 Å². The average Bonchev–Trinajstić information content (AvgIpc) is 3.66. The van der Waals surface area contributed by atoms with E-state index < -0.39 is 37.2 Å². The molecule has 43 heavy (non-hydrogen) atoms.